The van der Waals surface area contributed by atoms with Crippen molar-refractivity contribution in [1.29, 1.82) is 0 Å². The standard InChI is InChI=1S/C15H20N4O3/c1-9(2)13(18-15(16)22)14(21)19-7-10-5-3-4-6-11(10)17-12(20)8-19/h3-6,9,13H,7-8H2,1-2H3,(H,17,20)(H3,16,18,22)/t13-/m0/s1. The van der Waals surface area contributed by atoms with Crippen LogP contribution in [0.3, 0.4) is 0 Å². The second-order valence-electron chi connectivity index (χ2n) is 5.63. The van der Waals surface area contributed by atoms with Gasteiger partial charge < -0.3 is 21.3 Å². The lowest BCUT2D eigenvalue weighted by molar-refractivity contribution is -0.137. The first kappa shape index (κ1) is 15.8. The molecule has 0 radical (unpaired) electrons. The first-order valence-corrected chi connectivity index (χ1v) is 7.11. The fourth-order valence-corrected chi connectivity index (χ4v) is 2.42. The summed E-state index contributed by atoms with van der Waals surface area (Å²) < 4.78 is 0. The summed E-state index contributed by atoms with van der Waals surface area (Å²) in [5.41, 5.74) is 6.68. The first-order chi connectivity index (χ1) is 10.4. The molecular formula is C15H20N4O3. The van der Waals surface area contributed by atoms with Crippen molar-refractivity contribution in [3.8, 4) is 0 Å². The molecule has 0 fully saturated rings. The summed E-state index contributed by atoms with van der Waals surface area (Å²) >= 11 is 0. The van der Waals surface area contributed by atoms with Crippen LogP contribution in [0.1, 0.15) is 19.4 Å². The Bertz CT molecular complexity index is 600. The Kier molecular flexibility index (Phi) is 4.65. The van der Waals surface area contributed by atoms with Crippen molar-refractivity contribution in [2.45, 2.75) is 26.4 Å². The van der Waals surface area contributed by atoms with Gasteiger partial charge in [0.1, 0.15) is 12.6 Å². The van der Waals surface area contributed by atoms with E-state index in [-0.39, 0.29) is 24.3 Å². The van der Waals surface area contributed by atoms with Crippen molar-refractivity contribution in [1.82, 2.24) is 10.2 Å². The molecule has 4 amide bonds. The minimum atomic E-state index is -0.758. The zero-order chi connectivity index (χ0) is 16.3. The minimum Gasteiger partial charge on any atom is -0.352 e. The molecule has 1 aromatic rings. The Labute approximate surface area is 128 Å². The zero-order valence-corrected chi connectivity index (χ0v) is 12.6. The lowest BCUT2D eigenvalue weighted by Crippen LogP contribution is -2.53. The molecule has 1 aliphatic heterocycles. The van der Waals surface area contributed by atoms with Crippen molar-refractivity contribution in [3.63, 3.8) is 0 Å². The second-order valence-corrected chi connectivity index (χ2v) is 5.63. The molecule has 2 rings (SSSR count). The van der Waals surface area contributed by atoms with Gasteiger partial charge in [-0.05, 0) is 17.5 Å². The Morgan fingerprint density at radius 3 is 2.59 bits per heavy atom. The number of carbonyl (C=O) groups excluding carboxylic acids is 3. The van der Waals surface area contributed by atoms with Gasteiger partial charge in [0, 0.05) is 12.2 Å². The number of rotatable bonds is 3. The Morgan fingerprint density at radius 2 is 1.95 bits per heavy atom. The number of fused-ring (bicyclic) bond motifs is 1. The van der Waals surface area contributed by atoms with Crippen LogP contribution in [0.5, 0.6) is 0 Å². The molecule has 0 saturated heterocycles. The minimum absolute atomic E-state index is 0.0584. The van der Waals surface area contributed by atoms with Gasteiger partial charge in [-0.3, -0.25) is 9.59 Å². The molecule has 22 heavy (non-hydrogen) atoms. The van der Waals surface area contributed by atoms with E-state index >= 15 is 0 Å². The molecule has 0 saturated carbocycles. The number of carbonyl (C=O) groups is 3. The van der Waals surface area contributed by atoms with Gasteiger partial charge in [-0.1, -0.05) is 32.0 Å². The fraction of sp³-hybridized carbons (Fsp3) is 0.400. The normalized spacial score (nSPS) is 15.6. The van der Waals surface area contributed by atoms with Gasteiger partial charge in [0.2, 0.25) is 11.8 Å². The summed E-state index contributed by atoms with van der Waals surface area (Å²) in [6.45, 7) is 3.86. The monoisotopic (exact) mass is 304 g/mol. The zero-order valence-electron chi connectivity index (χ0n) is 12.6. The third-order valence-corrected chi connectivity index (χ3v) is 3.53. The molecule has 4 N–H and O–H groups in total. The summed E-state index contributed by atoms with van der Waals surface area (Å²) in [6, 6.07) is 5.81. The van der Waals surface area contributed by atoms with E-state index < -0.39 is 12.1 Å². The summed E-state index contributed by atoms with van der Waals surface area (Å²) in [7, 11) is 0. The number of benzene rings is 1. The highest BCUT2D eigenvalue weighted by Gasteiger charge is 2.31. The highest BCUT2D eigenvalue weighted by molar-refractivity contribution is 5.97. The lowest BCUT2D eigenvalue weighted by atomic mass is 10.0. The number of para-hydroxylation sites is 1. The van der Waals surface area contributed by atoms with Crippen molar-refractivity contribution in [2.75, 3.05) is 11.9 Å². The van der Waals surface area contributed by atoms with E-state index in [1.165, 1.54) is 4.90 Å². The van der Waals surface area contributed by atoms with Crippen LogP contribution in [0, 0.1) is 5.92 Å². The maximum atomic E-state index is 12.7. The average molecular weight is 304 g/mol. The Hall–Kier alpha value is -2.57. The predicted molar refractivity (Wildman–Crippen MR) is 81.8 cm³/mol. The molecule has 0 unspecified atom stereocenters. The van der Waals surface area contributed by atoms with Crippen LogP contribution in [-0.4, -0.2) is 35.3 Å². The molecule has 0 bridgehead atoms. The predicted octanol–water partition coefficient (Wildman–Crippen LogP) is 0.660. The topological polar surface area (TPSA) is 105 Å². The average Bonchev–Trinajstić information content (AvgIpc) is 2.61. The molecule has 1 atom stereocenters. The molecule has 7 heteroatoms. The number of hydrogen-bond donors (Lipinski definition) is 3. The van der Waals surface area contributed by atoms with Gasteiger partial charge in [0.05, 0.1) is 0 Å². The third-order valence-electron chi connectivity index (χ3n) is 3.53. The quantitative estimate of drug-likeness (QED) is 0.764. The number of primary amides is 1. The number of anilines is 1. The van der Waals surface area contributed by atoms with E-state index in [0.717, 1.165) is 5.56 Å². The van der Waals surface area contributed by atoms with Crippen LogP contribution in [0.25, 0.3) is 0 Å². The van der Waals surface area contributed by atoms with Crippen molar-refractivity contribution >= 4 is 23.5 Å². The SMILES string of the molecule is CC(C)[C@H](NC(N)=O)C(=O)N1CC(=O)Nc2ccccc2C1. The Morgan fingerprint density at radius 1 is 1.27 bits per heavy atom. The van der Waals surface area contributed by atoms with Gasteiger partial charge in [-0.25, -0.2) is 4.79 Å². The fourth-order valence-electron chi connectivity index (χ4n) is 2.42. The molecule has 7 nitrogen and oxygen atoms in total. The van der Waals surface area contributed by atoms with E-state index in [1.807, 2.05) is 32.0 Å². The van der Waals surface area contributed by atoms with Crippen molar-refractivity contribution < 1.29 is 14.4 Å². The number of hydrogen-bond acceptors (Lipinski definition) is 3. The lowest BCUT2D eigenvalue weighted by Gasteiger charge is -2.27. The van der Waals surface area contributed by atoms with Crippen LogP contribution in [-0.2, 0) is 16.1 Å². The maximum Gasteiger partial charge on any atom is 0.312 e. The van der Waals surface area contributed by atoms with Crippen LogP contribution < -0.4 is 16.4 Å². The molecular weight excluding hydrogens is 284 g/mol. The van der Waals surface area contributed by atoms with Crippen LogP contribution >= 0.6 is 0 Å². The second kappa shape index (κ2) is 6.46. The highest BCUT2D eigenvalue weighted by atomic mass is 16.2. The number of nitrogens with zero attached hydrogens (tertiary/aromatic N) is 1. The maximum absolute atomic E-state index is 12.7. The van der Waals surface area contributed by atoms with E-state index in [0.29, 0.717) is 12.2 Å². The van der Waals surface area contributed by atoms with Crippen molar-refractivity contribution in [2.24, 2.45) is 11.7 Å². The summed E-state index contributed by atoms with van der Waals surface area (Å²) in [5.74, 6) is -0.720. The number of nitrogens with two attached hydrogens (primary N) is 1. The number of amides is 4. The van der Waals surface area contributed by atoms with E-state index in [4.69, 9.17) is 5.73 Å². The van der Waals surface area contributed by atoms with Gasteiger partial charge in [-0.2, -0.15) is 0 Å². The van der Waals surface area contributed by atoms with E-state index in [9.17, 15) is 14.4 Å². The van der Waals surface area contributed by atoms with Gasteiger partial charge in [0.25, 0.3) is 0 Å². The van der Waals surface area contributed by atoms with Gasteiger partial charge in [0.15, 0.2) is 0 Å². The molecule has 118 valence electrons. The smallest absolute Gasteiger partial charge is 0.312 e. The van der Waals surface area contributed by atoms with Crippen molar-refractivity contribution in [3.05, 3.63) is 29.8 Å². The van der Waals surface area contributed by atoms with E-state index in [1.54, 1.807) is 6.07 Å². The summed E-state index contributed by atoms with van der Waals surface area (Å²) in [4.78, 5) is 37.1. The number of nitrogens with one attached hydrogen (secondary N) is 2. The Balaban J connectivity index is 2.25. The first-order valence-electron chi connectivity index (χ1n) is 7.11. The highest BCUT2D eigenvalue weighted by Crippen LogP contribution is 2.21. The van der Waals surface area contributed by atoms with Crippen LogP contribution in [0.2, 0.25) is 0 Å². The molecule has 0 spiro atoms. The number of urea groups is 1. The van der Waals surface area contributed by atoms with Crippen LogP contribution in [0.4, 0.5) is 10.5 Å². The van der Waals surface area contributed by atoms with Gasteiger partial charge >= 0.3 is 6.03 Å². The molecule has 0 aliphatic carbocycles. The third kappa shape index (κ3) is 3.55. The van der Waals surface area contributed by atoms with Crippen LogP contribution in [0.15, 0.2) is 24.3 Å². The van der Waals surface area contributed by atoms with Gasteiger partial charge in [-0.15, -0.1) is 0 Å². The summed E-state index contributed by atoms with van der Waals surface area (Å²) in [6.07, 6.45) is 0. The van der Waals surface area contributed by atoms with E-state index in [2.05, 4.69) is 10.6 Å². The largest absolute Gasteiger partial charge is 0.352 e. The summed E-state index contributed by atoms with van der Waals surface area (Å²) in [5, 5.41) is 5.22. The molecule has 0 aromatic heterocycles. The molecule has 1 aliphatic rings. The molecule has 1 heterocycles. The molecule has 1 aromatic carbocycles.